The number of rotatable bonds is 3. The number of aliphatic hydroxyl groups excluding tert-OH is 2. The quantitative estimate of drug-likeness (QED) is 0.572. The van der Waals surface area contributed by atoms with E-state index in [2.05, 4.69) is 27.4 Å². The zero-order chi connectivity index (χ0) is 20.7. The van der Waals surface area contributed by atoms with E-state index in [1.54, 1.807) is 6.08 Å². The van der Waals surface area contributed by atoms with Crippen LogP contribution in [0.5, 0.6) is 0 Å². The topological polar surface area (TPSA) is 83.8 Å². The first-order valence-corrected chi connectivity index (χ1v) is 10.7. The average molecular weight is 391 g/mol. The second-order valence-corrected chi connectivity index (χ2v) is 10.7. The number of ketones is 1. The van der Waals surface area contributed by atoms with Gasteiger partial charge in [0.2, 0.25) is 0 Å². The van der Waals surface area contributed by atoms with Gasteiger partial charge < -0.3 is 14.9 Å². The number of aliphatic hydroxyl groups is 2. The first kappa shape index (κ1) is 20.1. The normalized spacial score (nSPS) is 54.8. The lowest BCUT2D eigenvalue weighted by molar-refractivity contribution is -0.258. The summed E-state index contributed by atoms with van der Waals surface area (Å²) in [6.45, 7) is 11.8. The maximum Gasteiger partial charge on any atom is 0.332 e. The summed E-state index contributed by atoms with van der Waals surface area (Å²) < 4.78 is 5.85. The molecule has 0 aromatic heterocycles. The molecule has 4 saturated carbocycles. The van der Waals surface area contributed by atoms with E-state index in [-0.39, 0.29) is 34.0 Å². The minimum atomic E-state index is -0.662. The van der Waals surface area contributed by atoms with Crippen LogP contribution in [-0.2, 0) is 14.3 Å². The van der Waals surface area contributed by atoms with Crippen LogP contribution in [0, 0.1) is 39.4 Å². The molecule has 28 heavy (non-hydrogen) atoms. The Morgan fingerprint density at radius 3 is 2.61 bits per heavy atom. The molecule has 0 saturated heterocycles. The fourth-order valence-electron chi connectivity index (χ4n) is 8.22. The Bertz CT molecular complexity index is 733. The highest BCUT2D eigenvalue weighted by atomic mass is 16.6. The number of Topliss-reactive ketones (excluding diaryl/α,β-unsaturated/α-hetero) is 1. The van der Waals surface area contributed by atoms with Gasteiger partial charge in [-0.05, 0) is 48.9 Å². The summed E-state index contributed by atoms with van der Waals surface area (Å²) in [5.41, 5.74) is -1.41. The predicted octanol–water partition coefficient (Wildman–Crippen LogP) is 2.89. The molecule has 0 aliphatic heterocycles. The fourth-order valence-corrected chi connectivity index (χ4v) is 8.22. The summed E-state index contributed by atoms with van der Waals surface area (Å²) in [7, 11) is 0. The van der Waals surface area contributed by atoms with Crippen LogP contribution in [0.4, 0.5) is 0 Å². The van der Waals surface area contributed by atoms with E-state index in [0.29, 0.717) is 18.6 Å². The van der Waals surface area contributed by atoms with Crippen molar-refractivity contribution >= 4 is 11.8 Å². The Kier molecular flexibility index (Phi) is 4.24. The van der Waals surface area contributed by atoms with E-state index >= 15 is 0 Å². The maximum absolute atomic E-state index is 13.1. The largest absolute Gasteiger partial charge is 0.460 e. The Balaban J connectivity index is 1.90. The molecule has 9 atom stereocenters. The van der Waals surface area contributed by atoms with Crippen molar-refractivity contribution in [3.63, 3.8) is 0 Å². The molecule has 0 heterocycles. The highest BCUT2D eigenvalue weighted by Gasteiger charge is 2.81. The van der Waals surface area contributed by atoms with Gasteiger partial charge in [-0.2, -0.15) is 0 Å². The van der Waals surface area contributed by atoms with Gasteiger partial charge in [-0.15, -0.1) is 6.58 Å². The zero-order valence-corrected chi connectivity index (χ0v) is 17.5. The highest BCUT2D eigenvalue weighted by Crippen LogP contribution is 2.82. The molecule has 0 radical (unpaired) electrons. The molecular formula is C23H34O5. The third-order valence-corrected chi connectivity index (χ3v) is 9.74. The van der Waals surface area contributed by atoms with Gasteiger partial charge in [-0.25, -0.2) is 4.79 Å². The van der Waals surface area contributed by atoms with Crippen LogP contribution in [0.3, 0.4) is 0 Å². The molecule has 3 unspecified atom stereocenters. The molecule has 4 rings (SSSR count). The maximum atomic E-state index is 13.1. The standard InChI is InChI=1S/C23H34O5/c1-6-20(4)10-16(28-17(26)11-24)21(5)13(2)9-23-12-22(19(21)23,8-7-15(23)25)14(3)18(20)27/h6,13-14,16,18-19,24,27H,1,7-12H2,2-5H3/t13?,14-,16+,18-,19?,20-,21-,22+,23?/m0/s1. The Morgan fingerprint density at radius 2 is 2.00 bits per heavy atom. The second-order valence-electron chi connectivity index (χ2n) is 10.7. The monoisotopic (exact) mass is 390 g/mol. The second kappa shape index (κ2) is 5.91. The van der Waals surface area contributed by atoms with E-state index < -0.39 is 30.2 Å². The van der Waals surface area contributed by atoms with Crippen LogP contribution < -0.4 is 0 Å². The van der Waals surface area contributed by atoms with Gasteiger partial charge >= 0.3 is 5.97 Å². The fraction of sp³-hybridized carbons (Fsp3) is 0.826. The van der Waals surface area contributed by atoms with Gasteiger partial charge in [0.1, 0.15) is 18.5 Å². The van der Waals surface area contributed by atoms with E-state index in [4.69, 9.17) is 4.74 Å². The molecule has 4 aliphatic carbocycles. The number of carbonyl (C=O) groups excluding carboxylic acids is 2. The Morgan fingerprint density at radius 1 is 1.32 bits per heavy atom. The molecular weight excluding hydrogens is 356 g/mol. The summed E-state index contributed by atoms with van der Waals surface area (Å²) in [5.74, 6) is 0.0872. The molecule has 0 aromatic carbocycles. The van der Waals surface area contributed by atoms with E-state index in [1.165, 1.54) is 0 Å². The number of hydrogen-bond donors (Lipinski definition) is 2. The first-order chi connectivity index (χ1) is 13.0. The summed E-state index contributed by atoms with van der Waals surface area (Å²) in [6, 6.07) is 0. The van der Waals surface area contributed by atoms with Gasteiger partial charge in [0.05, 0.1) is 6.10 Å². The lowest BCUT2D eigenvalue weighted by Crippen LogP contribution is -2.71. The molecule has 0 aromatic rings. The minimum absolute atomic E-state index is 0.0424. The van der Waals surface area contributed by atoms with Crippen LogP contribution in [0.2, 0.25) is 0 Å². The van der Waals surface area contributed by atoms with Crippen molar-refractivity contribution in [2.45, 2.75) is 72.0 Å². The van der Waals surface area contributed by atoms with Crippen molar-refractivity contribution in [2.24, 2.45) is 39.4 Å². The third kappa shape index (κ3) is 2.10. The van der Waals surface area contributed by atoms with Crippen molar-refractivity contribution in [3.05, 3.63) is 12.7 Å². The van der Waals surface area contributed by atoms with Crippen LogP contribution in [0.25, 0.3) is 0 Å². The Labute approximate surface area is 167 Å². The van der Waals surface area contributed by atoms with Crippen LogP contribution in [0.15, 0.2) is 12.7 Å². The lowest BCUT2D eigenvalue weighted by atomic mass is 9.32. The van der Waals surface area contributed by atoms with Crippen molar-refractivity contribution in [1.82, 2.24) is 0 Å². The van der Waals surface area contributed by atoms with Gasteiger partial charge in [0, 0.05) is 22.7 Å². The number of ether oxygens (including phenoxy) is 1. The van der Waals surface area contributed by atoms with Gasteiger partial charge in [-0.1, -0.05) is 33.8 Å². The molecule has 156 valence electrons. The predicted molar refractivity (Wildman–Crippen MR) is 104 cm³/mol. The molecule has 2 N–H and O–H groups in total. The SMILES string of the molecule is C=C[C@@]1(C)C[C@@H](OC(=O)CO)[C@]2(C)C(C)CC34C[C@@](CCC3=O)(C42)[C@@H](C)[C@@H]1O. The molecule has 5 heteroatoms. The molecule has 4 aliphatic rings. The summed E-state index contributed by atoms with van der Waals surface area (Å²) >= 11 is 0. The van der Waals surface area contributed by atoms with Gasteiger partial charge in [0.15, 0.2) is 0 Å². The van der Waals surface area contributed by atoms with E-state index in [9.17, 15) is 19.8 Å². The minimum Gasteiger partial charge on any atom is -0.460 e. The van der Waals surface area contributed by atoms with Crippen molar-refractivity contribution in [3.8, 4) is 0 Å². The number of carbonyl (C=O) groups is 2. The molecule has 2 spiro atoms. The van der Waals surface area contributed by atoms with Crippen LogP contribution in [-0.4, -0.2) is 40.8 Å². The summed E-state index contributed by atoms with van der Waals surface area (Å²) in [5, 5.41) is 20.7. The lowest BCUT2D eigenvalue weighted by Gasteiger charge is -2.71. The average Bonchev–Trinajstić information content (AvgIpc) is 2.85. The molecule has 2 bridgehead atoms. The van der Waals surface area contributed by atoms with Crippen molar-refractivity contribution in [1.29, 1.82) is 0 Å². The van der Waals surface area contributed by atoms with Crippen molar-refractivity contribution in [2.75, 3.05) is 6.61 Å². The van der Waals surface area contributed by atoms with E-state index in [1.807, 2.05) is 6.92 Å². The third-order valence-electron chi connectivity index (χ3n) is 9.74. The van der Waals surface area contributed by atoms with Gasteiger partial charge in [-0.3, -0.25) is 4.79 Å². The first-order valence-electron chi connectivity index (χ1n) is 10.7. The van der Waals surface area contributed by atoms with Crippen LogP contribution >= 0.6 is 0 Å². The molecule has 5 nitrogen and oxygen atoms in total. The zero-order valence-electron chi connectivity index (χ0n) is 17.5. The highest BCUT2D eigenvalue weighted by molar-refractivity contribution is 5.89. The molecule has 0 amide bonds. The summed E-state index contributed by atoms with van der Waals surface area (Å²) in [6.07, 6.45) is 4.22. The van der Waals surface area contributed by atoms with Crippen LogP contribution in [0.1, 0.15) is 59.8 Å². The smallest absolute Gasteiger partial charge is 0.332 e. The van der Waals surface area contributed by atoms with Gasteiger partial charge in [0.25, 0.3) is 0 Å². The number of esters is 1. The molecule has 4 fully saturated rings. The number of hydrogen-bond acceptors (Lipinski definition) is 5. The van der Waals surface area contributed by atoms with Crippen molar-refractivity contribution < 1.29 is 24.5 Å². The van der Waals surface area contributed by atoms with E-state index in [0.717, 1.165) is 19.3 Å². The summed E-state index contributed by atoms with van der Waals surface area (Å²) in [4.78, 5) is 25.2. The Hall–Kier alpha value is -1.20.